The molecule has 6 unspecified atom stereocenters. The minimum Gasteiger partial charge on any atom is -0.372 e. The molecular formula is C31H59BN2. The van der Waals surface area contributed by atoms with E-state index in [-0.39, 0.29) is 0 Å². The van der Waals surface area contributed by atoms with E-state index in [9.17, 15) is 0 Å². The molecule has 2 fully saturated rings. The normalized spacial score (nSPS) is 41.9. The summed E-state index contributed by atoms with van der Waals surface area (Å²) in [6.45, 7) is 22.7. The molecule has 3 heteroatoms. The minimum absolute atomic E-state index is 0.460. The Morgan fingerprint density at radius 1 is 0.853 bits per heavy atom. The van der Waals surface area contributed by atoms with Gasteiger partial charge in [-0.2, -0.15) is 0 Å². The van der Waals surface area contributed by atoms with Gasteiger partial charge in [0.15, 0.2) is 0 Å². The van der Waals surface area contributed by atoms with Crippen molar-refractivity contribution in [2.75, 3.05) is 13.1 Å². The highest BCUT2D eigenvalue weighted by molar-refractivity contribution is 6.14. The second-order valence-corrected chi connectivity index (χ2v) is 14.6. The van der Waals surface area contributed by atoms with E-state index in [4.69, 9.17) is 0 Å². The van der Waals surface area contributed by atoms with Crippen molar-refractivity contribution in [2.24, 2.45) is 17.3 Å². The lowest BCUT2D eigenvalue weighted by atomic mass is 9.63. The molecule has 0 bridgehead atoms. The number of allylic oxidation sites excluding steroid dienone is 2. The van der Waals surface area contributed by atoms with Crippen LogP contribution in [0.15, 0.2) is 11.3 Å². The predicted molar refractivity (Wildman–Crippen MR) is 153 cm³/mol. The average molecular weight is 471 g/mol. The fourth-order valence-electron chi connectivity index (χ4n) is 7.62. The van der Waals surface area contributed by atoms with Gasteiger partial charge in [0, 0.05) is 36.9 Å². The Bertz CT molecular complexity index is 681. The van der Waals surface area contributed by atoms with Gasteiger partial charge < -0.3 is 4.90 Å². The molecular weight excluding hydrogens is 411 g/mol. The van der Waals surface area contributed by atoms with Crippen molar-refractivity contribution in [2.45, 2.75) is 156 Å². The molecule has 0 spiro atoms. The van der Waals surface area contributed by atoms with E-state index in [0.717, 1.165) is 12.0 Å². The number of hydrogen-bond donors (Lipinski definition) is 0. The molecule has 2 aliphatic heterocycles. The Morgan fingerprint density at radius 3 is 2.29 bits per heavy atom. The number of nitrogens with zero attached hydrogens (tertiary/aromatic N) is 2. The summed E-state index contributed by atoms with van der Waals surface area (Å²) in [5, 5.41) is 0.482. The van der Waals surface area contributed by atoms with Gasteiger partial charge in [0.2, 0.25) is 0 Å². The first-order chi connectivity index (χ1) is 15.9. The van der Waals surface area contributed by atoms with Gasteiger partial charge >= 0.3 is 0 Å². The van der Waals surface area contributed by atoms with Gasteiger partial charge in [0.05, 0.1) is 0 Å². The molecule has 1 saturated heterocycles. The molecule has 0 amide bonds. The standard InChI is InChI=1S/C31H59BN2/c1-23-21-33(28-13-11-9-10-12-16-31(8,32)20-28)26(4)19-25(3)29-15-18-30(6,7)17-14-24(2)27(5)34(29)22-23/h23,25-26,28-29H,9-22,32H2,1-8H3/b27-24-. The van der Waals surface area contributed by atoms with Crippen molar-refractivity contribution in [3.63, 3.8) is 0 Å². The van der Waals surface area contributed by atoms with E-state index < -0.39 is 0 Å². The Labute approximate surface area is 215 Å². The monoisotopic (exact) mass is 470 g/mol. The fraction of sp³-hybridized carbons (Fsp3) is 0.935. The highest BCUT2D eigenvalue weighted by Gasteiger charge is 2.37. The molecule has 34 heavy (non-hydrogen) atoms. The van der Waals surface area contributed by atoms with Crippen LogP contribution in [0.1, 0.15) is 132 Å². The maximum atomic E-state index is 3.01. The molecule has 3 aliphatic rings. The third-order valence-electron chi connectivity index (χ3n) is 10.1. The first-order valence-corrected chi connectivity index (χ1v) is 15.1. The lowest BCUT2D eigenvalue weighted by Crippen LogP contribution is -2.46. The van der Waals surface area contributed by atoms with Crippen LogP contribution in [0.2, 0.25) is 5.31 Å². The van der Waals surface area contributed by atoms with Gasteiger partial charge in [0.1, 0.15) is 7.85 Å². The lowest BCUT2D eigenvalue weighted by molar-refractivity contribution is 0.0911. The summed E-state index contributed by atoms with van der Waals surface area (Å²) in [5.41, 5.74) is 3.70. The van der Waals surface area contributed by atoms with Crippen LogP contribution in [0.5, 0.6) is 0 Å². The lowest BCUT2D eigenvalue weighted by Gasteiger charge is -2.42. The van der Waals surface area contributed by atoms with E-state index in [1.54, 1.807) is 11.3 Å². The van der Waals surface area contributed by atoms with E-state index >= 15 is 0 Å². The highest BCUT2D eigenvalue weighted by Crippen LogP contribution is 2.41. The molecule has 1 saturated carbocycles. The van der Waals surface area contributed by atoms with Gasteiger partial charge in [-0.15, -0.1) is 0 Å². The van der Waals surface area contributed by atoms with Crippen LogP contribution >= 0.6 is 0 Å². The van der Waals surface area contributed by atoms with Gasteiger partial charge in [-0.25, -0.2) is 0 Å². The summed E-state index contributed by atoms with van der Waals surface area (Å²) >= 11 is 0. The zero-order valence-electron chi connectivity index (χ0n) is 24.7. The van der Waals surface area contributed by atoms with Crippen molar-refractivity contribution in [3.05, 3.63) is 11.3 Å². The topological polar surface area (TPSA) is 6.48 Å². The van der Waals surface area contributed by atoms with Crippen molar-refractivity contribution >= 4 is 7.85 Å². The van der Waals surface area contributed by atoms with E-state index in [0.29, 0.717) is 28.7 Å². The van der Waals surface area contributed by atoms with Crippen LogP contribution < -0.4 is 0 Å². The maximum Gasteiger partial charge on any atom is 0.109 e. The Kier molecular flexibility index (Phi) is 9.72. The second-order valence-electron chi connectivity index (χ2n) is 14.6. The molecule has 0 radical (unpaired) electrons. The summed E-state index contributed by atoms with van der Waals surface area (Å²) < 4.78 is 0. The van der Waals surface area contributed by atoms with Crippen LogP contribution in [0.4, 0.5) is 0 Å². The molecule has 6 atom stereocenters. The first-order valence-electron chi connectivity index (χ1n) is 15.1. The van der Waals surface area contributed by atoms with Gasteiger partial charge in [0.25, 0.3) is 0 Å². The second kappa shape index (κ2) is 11.7. The summed E-state index contributed by atoms with van der Waals surface area (Å²) in [5.74, 6) is 1.45. The zero-order valence-corrected chi connectivity index (χ0v) is 24.7. The van der Waals surface area contributed by atoms with Crippen LogP contribution in [0.25, 0.3) is 0 Å². The van der Waals surface area contributed by atoms with Crippen molar-refractivity contribution in [1.82, 2.24) is 9.80 Å². The molecule has 0 aromatic rings. The van der Waals surface area contributed by atoms with Crippen LogP contribution in [0, 0.1) is 17.3 Å². The maximum absolute atomic E-state index is 3.01. The average Bonchev–Trinajstić information content (AvgIpc) is 2.87. The third-order valence-corrected chi connectivity index (χ3v) is 10.1. The van der Waals surface area contributed by atoms with Crippen LogP contribution in [-0.4, -0.2) is 48.9 Å². The van der Waals surface area contributed by atoms with Gasteiger partial charge in [-0.1, -0.05) is 77.6 Å². The Hall–Kier alpha value is -0.435. The summed E-state index contributed by atoms with van der Waals surface area (Å²) in [6.07, 6.45) is 16.6. The predicted octanol–water partition coefficient (Wildman–Crippen LogP) is 7.84. The summed E-state index contributed by atoms with van der Waals surface area (Å²) in [6, 6.07) is 2.14. The summed E-state index contributed by atoms with van der Waals surface area (Å²) in [4.78, 5) is 5.91. The zero-order chi connectivity index (χ0) is 25.1. The quantitative estimate of drug-likeness (QED) is 0.360. The molecule has 0 aromatic heterocycles. The largest absolute Gasteiger partial charge is 0.372 e. The number of fused-ring (bicyclic) bond motifs is 1. The molecule has 0 N–H and O–H groups in total. The molecule has 3 rings (SSSR count). The summed E-state index contributed by atoms with van der Waals surface area (Å²) in [7, 11) is 2.55. The van der Waals surface area contributed by atoms with Crippen molar-refractivity contribution in [1.29, 1.82) is 0 Å². The number of rotatable bonds is 1. The van der Waals surface area contributed by atoms with Crippen LogP contribution in [0.3, 0.4) is 0 Å². The van der Waals surface area contributed by atoms with Gasteiger partial charge in [-0.05, 0) is 83.0 Å². The molecule has 1 aliphatic carbocycles. The number of hydrogen-bond acceptors (Lipinski definition) is 2. The smallest absolute Gasteiger partial charge is 0.109 e. The molecule has 2 heterocycles. The van der Waals surface area contributed by atoms with Crippen molar-refractivity contribution in [3.8, 4) is 0 Å². The molecule has 0 aromatic carbocycles. The van der Waals surface area contributed by atoms with E-state index in [1.807, 2.05) is 0 Å². The molecule has 196 valence electrons. The van der Waals surface area contributed by atoms with Gasteiger partial charge in [-0.3, -0.25) is 4.90 Å². The first kappa shape index (κ1) is 28.1. The molecule has 2 nitrogen and oxygen atoms in total. The highest BCUT2D eigenvalue weighted by atomic mass is 15.2. The third kappa shape index (κ3) is 7.53. The van der Waals surface area contributed by atoms with Crippen LogP contribution in [-0.2, 0) is 0 Å². The Balaban J connectivity index is 1.89. The van der Waals surface area contributed by atoms with Crippen molar-refractivity contribution < 1.29 is 0 Å². The van der Waals surface area contributed by atoms with E-state index in [1.165, 1.54) is 90.1 Å². The fourth-order valence-corrected chi connectivity index (χ4v) is 7.62. The minimum atomic E-state index is 0.460. The Morgan fingerprint density at radius 2 is 1.56 bits per heavy atom. The SMILES string of the molecule is BC1(C)CCCCCCC(N2CC(C)CN3/C(C)=C(/C)CCC(C)(C)CCC3C(C)CC2C)C1. The van der Waals surface area contributed by atoms with E-state index in [2.05, 4.69) is 73.0 Å².